The van der Waals surface area contributed by atoms with E-state index in [4.69, 9.17) is 9.47 Å². The highest BCUT2D eigenvalue weighted by molar-refractivity contribution is 5.88. The average molecular weight is 413 g/mol. The topological polar surface area (TPSA) is 84.0 Å². The number of ether oxygens (including phenoxy) is 2. The van der Waals surface area contributed by atoms with Crippen LogP contribution in [0.1, 0.15) is 31.9 Å². The molecule has 0 fully saturated rings. The van der Waals surface area contributed by atoms with Crippen LogP contribution >= 0.6 is 0 Å². The molecular formula is C23H32N4O3. The van der Waals surface area contributed by atoms with E-state index < -0.39 is 0 Å². The molecule has 30 heavy (non-hydrogen) atoms. The van der Waals surface area contributed by atoms with Crippen molar-refractivity contribution in [1.29, 1.82) is 0 Å². The number of carbonyl (C=O) groups excluding carboxylic acids is 1. The first-order valence-electron chi connectivity index (χ1n) is 10.2. The lowest BCUT2D eigenvalue weighted by Crippen LogP contribution is -2.39. The fourth-order valence-electron chi connectivity index (χ4n) is 2.79. The molecule has 3 N–H and O–H groups in total. The Morgan fingerprint density at radius 2 is 1.80 bits per heavy atom. The molecule has 0 aliphatic heterocycles. The number of benzene rings is 2. The smallest absolute Gasteiger partial charge is 0.221 e. The molecule has 0 radical (unpaired) electrons. The quantitative estimate of drug-likeness (QED) is 0.299. The molecular weight excluding hydrogens is 380 g/mol. The Kier molecular flexibility index (Phi) is 10.2. The normalized spacial score (nSPS) is 12.2. The lowest BCUT2D eigenvalue weighted by molar-refractivity contribution is -0.114. The van der Waals surface area contributed by atoms with Gasteiger partial charge in [-0.25, -0.2) is 0 Å². The largest absolute Gasteiger partial charge is 0.492 e. The van der Waals surface area contributed by atoms with Crippen molar-refractivity contribution in [3.63, 3.8) is 0 Å². The summed E-state index contributed by atoms with van der Waals surface area (Å²) in [5.74, 6) is 1.32. The summed E-state index contributed by atoms with van der Waals surface area (Å²) < 4.78 is 11.6. The van der Waals surface area contributed by atoms with Gasteiger partial charge in [-0.05, 0) is 31.0 Å². The maximum absolute atomic E-state index is 11.1. The zero-order valence-corrected chi connectivity index (χ0v) is 18.0. The molecule has 7 heteroatoms. The summed E-state index contributed by atoms with van der Waals surface area (Å²) >= 11 is 0. The van der Waals surface area contributed by atoms with Crippen LogP contribution in [-0.4, -0.2) is 45.2 Å². The Morgan fingerprint density at radius 3 is 2.53 bits per heavy atom. The fraction of sp³-hybridized carbons (Fsp3) is 0.391. The Hall–Kier alpha value is -3.06. The molecule has 1 amide bonds. The summed E-state index contributed by atoms with van der Waals surface area (Å²) in [5.41, 5.74) is 1.90. The summed E-state index contributed by atoms with van der Waals surface area (Å²) in [7, 11) is 1.74. The third-order valence-electron chi connectivity index (χ3n) is 4.29. The summed E-state index contributed by atoms with van der Waals surface area (Å²) in [4.78, 5) is 15.3. The van der Waals surface area contributed by atoms with Crippen LogP contribution in [0.4, 0.5) is 5.69 Å². The van der Waals surface area contributed by atoms with Crippen molar-refractivity contribution in [1.82, 2.24) is 10.6 Å². The van der Waals surface area contributed by atoms with Crippen LogP contribution in [0.25, 0.3) is 0 Å². The van der Waals surface area contributed by atoms with Crippen LogP contribution < -0.4 is 20.7 Å². The number of aliphatic imine (C=N–C) groups is 1. The minimum Gasteiger partial charge on any atom is -0.492 e. The van der Waals surface area contributed by atoms with Crippen LogP contribution in [-0.2, 0) is 9.53 Å². The molecule has 0 aliphatic rings. The van der Waals surface area contributed by atoms with E-state index in [-0.39, 0.29) is 12.0 Å². The average Bonchev–Trinajstić information content (AvgIpc) is 2.75. The molecule has 0 aliphatic carbocycles. The van der Waals surface area contributed by atoms with Gasteiger partial charge < -0.3 is 25.4 Å². The van der Waals surface area contributed by atoms with Gasteiger partial charge >= 0.3 is 0 Å². The van der Waals surface area contributed by atoms with Gasteiger partial charge in [0.15, 0.2) is 5.96 Å². The number of nitrogens with one attached hydrogen (secondary N) is 3. The highest BCUT2D eigenvalue weighted by Gasteiger charge is 2.04. The maximum Gasteiger partial charge on any atom is 0.221 e. The van der Waals surface area contributed by atoms with Crippen LogP contribution in [0.2, 0.25) is 0 Å². The first-order valence-corrected chi connectivity index (χ1v) is 10.2. The first-order chi connectivity index (χ1) is 14.6. The minimum atomic E-state index is -0.108. The molecule has 2 rings (SSSR count). The van der Waals surface area contributed by atoms with Gasteiger partial charge in [0, 0.05) is 38.9 Å². The van der Waals surface area contributed by atoms with Gasteiger partial charge in [0.25, 0.3) is 0 Å². The third kappa shape index (κ3) is 8.96. The highest BCUT2D eigenvalue weighted by atomic mass is 16.5. The minimum absolute atomic E-state index is 0.0879. The SMILES string of the molecule is CN=C(NCCCOC(C)c1ccccc1)NCCOc1cccc(NC(C)=O)c1. The summed E-state index contributed by atoms with van der Waals surface area (Å²) in [6.45, 7) is 6.06. The zero-order chi connectivity index (χ0) is 21.6. The molecule has 2 aromatic rings. The maximum atomic E-state index is 11.1. The molecule has 0 saturated heterocycles. The van der Waals surface area contributed by atoms with Gasteiger partial charge in [0.2, 0.25) is 5.91 Å². The van der Waals surface area contributed by atoms with Gasteiger partial charge in [-0.3, -0.25) is 9.79 Å². The predicted molar refractivity (Wildman–Crippen MR) is 121 cm³/mol. The number of guanidine groups is 1. The number of amides is 1. The van der Waals surface area contributed by atoms with Crippen molar-refractivity contribution < 1.29 is 14.3 Å². The highest BCUT2D eigenvalue weighted by Crippen LogP contribution is 2.17. The molecule has 2 aromatic carbocycles. The number of hydrogen-bond acceptors (Lipinski definition) is 4. The third-order valence-corrected chi connectivity index (χ3v) is 4.29. The fourth-order valence-corrected chi connectivity index (χ4v) is 2.79. The molecule has 0 saturated carbocycles. The van der Waals surface area contributed by atoms with Crippen LogP contribution in [0, 0.1) is 0 Å². The van der Waals surface area contributed by atoms with Gasteiger partial charge in [0.1, 0.15) is 12.4 Å². The standard InChI is InChI=1S/C23H32N4O3/c1-18(20-9-5-4-6-10-20)29-15-8-13-25-23(24-3)26-14-16-30-22-12-7-11-21(17-22)27-19(2)28/h4-7,9-12,17-18H,8,13-16H2,1-3H3,(H,27,28)(H2,24,25,26). The Labute approximate surface area is 178 Å². The monoisotopic (exact) mass is 412 g/mol. The van der Waals surface area contributed by atoms with E-state index >= 15 is 0 Å². The summed E-state index contributed by atoms with van der Waals surface area (Å²) in [5, 5.41) is 9.22. The lowest BCUT2D eigenvalue weighted by Gasteiger charge is -2.15. The Bertz CT molecular complexity index is 796. The molecule has 0 bridgehead atoms. The van der Waals surface area contributed by atoms with Gasteiger partial charge in [-0.1, -0.05) is 36.4 Å². The molecule has 1 unspecified atom stereocenters. The number of rotatable bonds is 11. The van der Waals surface area contributed by atoms with Crippen molar-refractivity contribution >= 4 is 17.6 Å². The Balaban J connectivity index is 1.58. The van der Waals surface area contributed by atoms with E-state index in [0.29, 0.717) is 31.2 Å². The first kappa shape index (κ1) is 23.2. The lowest BCUT2D eigenvalue weighted by atomic mass is 10.1. The van der Waals surface area contributed by atoms with E-state index in [2.05, 4.69) is 40.0 Å². The number of hydrogen-bond donors (Lipinski definition) is 3. The van der Waals surface area contributed by atoms with Gasteiger partial charge in [-0.2, -0.15) is 0 Å². The molecule has 0 aromatic heterocycles. The van der Waals surface area contributed by atoms with E-state index in [1.54, 1.807) is 13.1 Å². The molecule has 7 nitrogen and oxygen atoms in total. The summed E-state index contributed by atoms with van der Waals surface area (Å²) in [6, 6.07) is 17.5. The van der Waals surface area contributed by atoms with E-state index in [1.165, 1.54) is 12.5 Å². The molecule has 1 atom stereocenters. The molecule has 0 heterocycles. The molecule has 162 valence electrons. The second-order valence-electron chi connectivity index (χ2n) is 6.76. The van der Waals surface area contributed by atoms with Crippen LogP contribution in [0.3, 0.4) is 0 Å². The van der Waals surface area contributed by atoms with E-state index in [0.717, 1.165) is 18.9 Å². The van der Waals surface area contributed by atoms with E-state index in [9.17, 15) is 4.79 Å². The molecule has 0 spiro atoms. The van der Waals surface area contributed by atoms with Crippen molar-refractivity contribution in [2.45, 2.75) is 26.4 Å². The Morgan fingerprint density at radius 1 is 1.03 bits per heavy atom. The number of anilines is 1. The van der Waals surface area contributed by atoms with Gasteiger partial charge in [-0.15, -0.1) is 0 Å². The zero-order valence-electron chi connectivity index (χ0n) is 18.0. The second-order valence-corrected chi connectivity index (χ2v) is 6.76. The van der Waals surface area contributed by atoms with Gasteiger partial charge in [0.05, 0.1) is 12.6 Å². The van der Waals surface area contributed by atoms with Crippen molar-refractivity contribution in [3.05, 3.63) is 60.2 Å². The number of nitrogens with zero attached hydrogens (tertiary/aromatic N) is 1. The van der Waals surface area contributed by atoms with Crippen molar-refractivity contribution in [2.75, 3.05) is 38.7 Å². The van der Waals surface area contributed by atoms with Crippen LogP contribution in [0.15, 0.2) is 59.6 Å². The second kappa shape index (κ2) is 13.2. The van der Waals surface area contributed by atoms with Crippen molar-refractivity contribution in [3.8, 4) is 5.75 Å². The van der Waals surface area contributed by atoms with Crippen molar-refractivity contribution in [2.24, 2.45) is 4.99 Å². The predicted octanol–water partition coefficient (Wildman–Crippen LogP) is 3.36. The van der Waals surface area contributed by atoms with Crippen LogP contribution in [0.5, 0.6) is 5.75 Å². The summed E-state index contributed by atoms with van der Waals surface area (Å²) in [6.07, 6.45) is 0.967. The number of carbonyl (C=O) groups is 1. The van der Waals surface area contributed by atoms with E-state index in [1.807, 2.05) is 36.4 Å².